The summed E-state index contributed by atoms with van der Waals surface area (Å²) in [6, 6.07) is -0.222. The maximum absolute atomic E-state index is 10.2. The van der Waals surface area contributed by atoms with Crippen molar-refractivity contribution in [2.24, 2.45) is 0 Å². The summed E-state index contributed by atoms with van der Waals surface area (Å²) in [5, 5.41) is 8.29. The normalized spacial score (nSPS) is 33.9. The number of hydrogen-bond acceptors (Lipinski definition) is 3. The molecule has 1 fully saturated rings. The van der Waals surface area contributed by atoms with Gasteiger partial charge in [-0.3, -0.25) is 0 Å². The first-order valence-corrected chi connectivity index (χ1v) is 3.90. The molecule has 48 valence electrons. The lowest BCUT2D eigenvalue weighted by Gasteiger charge is -2.24. The van der Waals surface area contributed by atoms with E-state index in [1.807, 2.05) is 0 Å². The molecule has 0 spiro atoms. The molecule has 0 aliphatic carbocycles. The summed E-state index contributed by atoms with van der Waals surface area (Å²) in [5.74, 6) is 0.0729. The molecule has 0 amide bonds. The molecule has 0 aromatic rings. The van der Waals surface area contributed by atoms with Gasteiger partial charge in [0.1, 0.15) is 0 Å². The van der Waals surface area contributed by atoms with Gasteiger partial charge in [-0.1, -0.05) is 0 Å². The molecule has 1 saturated heterocycles. The smallest absolute Gasteiger partial charge is 0.213 e. The van der Waals surface area contributed by atoms with E-state index in [0.717, 1.165) is 0 Å². The average molecular weight is 137 g/mol. The first-order chi connectivity index (χ1) is 3.64. The zero-order chi connectivity index (χ0) is 6.20. The molecule has 0 aromatic carbocycles. The van der Waals surface area contributed by atoms with Crippen molar-refractivity contribution in [2.75, 3.05) is 12.4 Å². The van der Waals surface area contributed by atoms with Crippen molar-refractivity contribution in [1.82, 2.24) is 4.72 Å². The largest absolute Gasteiger partial charge is 0.395 e. The molecule has 0 radical (unpaired) electrons. The third-order valence-electron chi connectivity index (χ3n) is 0.987. The second kappa shape index (κ2) is 1.68. The molecule has 1 rings (SSSR count). The lowest BCUT2D eigenvalue weighted by atomic mass is 10.4. The van der Waals surface area contributed by atoms with Gasteiger partial charge < -0.3 is 5.11 Å². The lowest BCUT2D eigenvalue weighted by molar-refractivity contribution is 0.256. The number of sulfonamides is 1. The SMILES string of the molecule is O=S1(=O)C[C@@H](CO)N1. The van der Waals surface area contributed by atoms with Gasteiger partial charge in [-0.05, 0) is 0 Å². The fourth-order valence-corrected chi connectivity index (χ4v) is 1.77. The van der Waals surface area contributed by atoms with E-state index in [0.29, 0.717) is 0 Å². The highest BCUT2D eigenvalue weighted by atomic mass is 32.2. The van der Waals surface area contributed by atoms with E-state index in [1.165, 1.54) is 0 Å². The molecular weight excluding hydrogens is 130 g/mol. The van der Waals surface area contributed by atoms with E-state index in [2.05, 4.69) is 4.72 Å². The summed E-state index contributed by atoms with van der Waals surface area (Å²) >= 11 is 0. The summed E-state index contributed by atoms with van der Waals surface area (Å²) in [5.41, 5.74) is 0. The van der Waals surface area contributed by atoms with Gasteiger partial charge in [0.05, 0.1) is 18.4 Å². The van der Waals surface area contributed by atoms with Crippen molar-refractivity contribution in [3.05, 3.63) is 0 Å². The van der Waals surface area contributed by atoms with E-state index in [-0.39, 0.29) is 18.4 Å². The Morgan fingerprint density at radius 1 is 1.75 bits per heavy atom. The van der Waals surface area contributed by atoms with Crippen molar-refractivity contribution in [1.29, 1.82) is 0 Å². The summed E-state index contributed by atoms with van der Waals surface area (Å²) in [4.78, 5) is 0. The first-order valence-electron chi connectivity index (χ1n) is 2.25. The monoisotopic (exact) mass is 137 g/mol. The van der Waals surface area contributed by atoms with E-state index >= 15 is 0 Å². The van der Waals surface area contributed by atoms with Crippen LogP contribution in [-0.4, -0.2) is 31.9 Å². The molecule has 1 atom stereocenters. The highest BCUT2D eigenvalue weighted by Crippen LogP contribution is 2.02. The van der Waals surface area contributed by atoms with E-state index < -0.39 is 10.0 Å². The molecule has 0 saturated carbocycles. The van der Waals surface area contributed by atoms with Gasteiger partial charge in [0, 0.05) is 0 Å². The Hall–Kier alpha value is -0.130. The Bertz CT molecular complexity index is 161. The number of hydrogen-bond donors (Lipinski definition) is 2. The van der Waals surface area contributed by atoms with Crippen LogP contribution in [0.25, 0.3) is 0 Å². The van der Waals surface area contributed by atoms with Crippen molar-refractivity contribution < 1.29 is 13.5 Å². The fraction of sp³-hybridized carbons (Fsp3) is 1.00. The van der Waals surface area contributed by atoms with Gasteiger partial charge in [-0.15, -0.1) is 0 Å². The zero-order valence-electron chi connectivity index (χ0n) is 4.16. The van der Waals surface area contributed by atoms with Gasteiger partial charge in [-0.25, -0.2) is 13.1 Å². The van der Waals surface area contributed by atoms with E-state index in [4.69, 9.17) is 5.11 Å². The zero-order valence-corrected chi connectivity index (χ0v) is 4.98. The predicted molar refractivity (Wildman–Crippen MR) is 27.8 cm³/mol. The second-order valence-electron chi connectivity index (χ2n) is 1.78. The number of nitrogens with one attached hydrogen (secondary N) is 1. The maximum Gasteiger partial charge on any atom is 0.213 e. The number of rotatable bonds is 1. The van der Waals surface area contributed by atoms with Gasteiger partial charge in [0.25, 0.3) is 0 Å². The Morgan fingerprint density at radius 2 is 2.25 bits per heavy atom. The van der Waals surface area contributed by atoms with Gasteiger partial charge in [0.2, 0.25) is 10.0 Å². The molecule has 2 N–H and O–H groups in total. The highest BCUT2D eigenvalue weighted by Gasteiger charge is 2.30. The van der Waals surface area contributed by atoms with Crippen LogP contribution < -0.4 is 4.72 Å². The van der Waals surface area contributed by atoms with Crippen LogP contribution in [0.4, 0.5) is 0 Å². The van der Waals surface area contributed by atoms with Crippen molar-refractivity contribution in [2.45, 2.75) is 6.04 Å². The van der Waals surface area contributed by atoms with E-state index in [1.54, 1.807) is 0 Å². The molecule has 8 heavy (non-hydrogen) atoms. The Balaban J connectivity index is 2.43. The van der Waals surface area contributed by atoms with Crippen LogP contribution in [0.15, 0.2) is 0 Å². The summed E-state index contributed by atoms with van der Waals surface area (Å²) in [6.07, 6.45) is 0. The Kier molecular flexibility index (Phi) is 1.26. The van der Waals surface area contributed by atoms with Gasteiger partial charge >= 0.3 is 0 Å². The van der Waals surface area contributed by atoms with Crippen LogP contribution in [0.1, 0.15) is 0 Å². The third kappa shape index (κ3) is 0.988. The molecule has 1 heterocycles. The highest BCUT2D eigenvalue weighted by molar-refractivity contribution is 7.90. The molecular formula is C3H7NO3S. The lowest BCUT2D eigenvalue weighted by Crippen LogP contribution is -2.54. The second-order valence-corrected chi connectivity index (χ2v) is 3.58. The fourth-order valence-electron chi connectivity index (χ4n) is 0.592. The van der Waals surface area contributed by atoms with Crippen LogP contribution in [0.5, 0.6) is 0 Å². The maximum atomic E-state index is 10.2. The van der Waals surface area contributed by atoms with Crippen LogP contribution >= 0.6 is 0 Å². The van der Waals surface area contributed by atoms with Crippen molar-refractivity contribution in [3.63, 3.8) is 0 Å². The molecule has 0 aromatic heterocycles. The molecule has 1 aliphatic heterocycles. The minimum atomic E-state index is -2.95. The molecule has 0 unspecified atom stereocenters. The third-order valence-corrected chi connectivity index (χ3v) is 2.52. The molecule has 0 bridgehead atoms. The first kappa shape index (κ1) is 6.00. The Labute approximate surface area is 47.6 Å². The minimum Gasteiger partial charge on any atom is -0.395 e. The minimum absolute atomic E-state index is 0.0729. The van der Waals surface area contributed by atoms with Crippen molar-refractivity contribution in [3.8, 4) is 0 Å². The van der Waals surface area contributed by atoms with Crippen LogP contribution in [0.3, 0.4) is 0 Å². The van der Waals surface area contributed by atoms with Gasteiger partial charge in [-0.2, -0.15) is 0 Å². The summed E-state index contributed by atoms with van der Waals surface area (Å²) in [7, 11) is -2.95. The summed E-state index contributed by atoms with van der Waals surface area (Å²) in [6.45, 7) is -0.0980. The Morgan fingerprint density at radius 3 is 2.38 bits per heavy atom. The van der Waals surface area contributed by atoms with Crippen molar-refractivity contribution >= 4 is 10.0 Å². The molecule has 5 heteroatoms. The van der Waals surface area contributed by atoms with Crippen LogP contribution in [-0.2, 0) is 10.0 Å². The number of aliphatic hydroxyl groups is 1. The quantitative estimate of drug-likeness (QED) is 0.452. The standard InChI is InChI=1S/C3H7NO3S/c5-1-3-2-8(6,7)4-3/h3-5H,1-2H2/t3-/m1/s1. The predicted octanol–water partition coefficient (Wildman–Crippen LogP) is -1.72. The molecule has 4 nitrogen and oxygen atoms in total. The van der Waals surface area contributed by atoms with Crippen LogP contribution in [0, 0.1) is 0 Å². The molecule has 1 aliphatic rings. The van der Waals surface area contributed by atoms with Gasteiger partial charge in [0.15, 0.2) is 0 Å². The topological polar surface area (TPSA) is 66.4 Å². The van der Waals surface area contributed by atoms with E-state index in [9.17, 15) is 8.42 Å². The number of aliphatic hydroxyl groups excluding tert-OH is 1. The van der Waals surface area contributed by atoms with Crippen LogP contribution in [0.2, 0.25) is 0 Å². The summed E-state index contributed by atoms with van der Waals surface area (Å²) < 4.78 is 22.7. The average Bonchev–Trinajstić information content (AvgIpc) is 1.60.